The molecule has 1 aromatic heterocycles. The summed E-state index contributed by atoms with van der Waals surface area (Å²) in [5.41, 5.74) is 2.59. The first-order valence-corrected chi connectivity index (χ1v) is 9.16. The molecule has 0 unspecified atom stereocenters. The van der Waals surface area contributed by atoms with E-state index in [9.17, 15) is 9.59 Å². The van der Waals surface area contributed by atoms with Crippen molar-refractivity contribution in [2.24, 2.45) is 5.92 Å². The molecule has 1 heterocycles. The summed E-state index contributed by atoms with van der Waals surface area (Å²) >= 11 is 0. The van der Waals surface area contributed by atoms with E-state index >= 15 is 0 Å². The molecule has 1 saturated carbocycles. The molecule has 0 bridgehead atoms. The summed E-state index contributed by atoms with van der Waals surface area (Å²) in [4.78, 5) is 29.2. The molecule has 0 amide bonds. The number of hydrogen-bond donors (Lipinski definition) is 0. The molecule has 1 fully saturated rings. The van der Waals surface area contributed by atoms with E-state index in [0.29, 0.717) is 23.2 Å². The number of nitrogens with zero attached hydrogens (tertiary/aromatic N) is 1. The zero-order valence-corrected chi connectivity index (χ0v) is 15.6. The second kappa shape index (κ2) is 7.96. The summed E-state index contributed by atoms with van der Waals surface area (Å²) < 4.78 is 10.2. The molecule has 3 rings (SSSR count). The zero-order valence-electron chi connectivity index (χ0n) is 15.6. The number of ether oxygens (including phenoxy) is 2. The third kappa shape index (κ3) is 3.63. The standard InChI is InChI=1S/C21H25NO4/c1-4-13-11-16-12-15(7-10-18(16)22-19(13)21(24)26-3)20(23)14-5-8-17(25-2)9-6-14/h7,10-12,14,17H,4-6,8-9H2,1-3H3. The Morgan fingerprint density at radius 2 is 1.85 bits per heavy atom. The number of ketones is 1. The Labute approximate surface area is 153 Å². The minimum absolute atomic E-state index is 0.0618. The van der Waals surface area contributed by atoms with Gasteiger partial charge in [0.15, 0.2) is 11.5 Å². The Kier molecular flexibility index (Phi) is 5.67. The molecule has 26 heavy (non-hydrogen) atoms. The van der Waals surface area contributed by atoms with E-state index < -0.39 is 5.97 Å². The van der Waals surface area contributed by atoms with Crippen LogP contribution in [0, 0.1) is 5.92 Å². The van der Waals surface area contributed by atoms with Crippen molar-refractivity contribution >= 4 is 22.7 Å². The van der Waals surface area contributed by atoms with Crippen molar-refractivity contribution < 1.29 is 19.1 Å². The van der Waals surface area contributed by atoms with Crippen LogP contribution in [0.2, 0.25) is 0 Å². The lowest BCUT2D eigenvalue weighted by molar-refractivity contribution is 0.0519. The molecule has 5 nitrogen and oxygen atoms in total. The van der Waals surface area contributed by atoms with Crippen LogP contribution >= 0.6 is 0 Å². The first-order valence-electron chi connectivity index (χ1n) is 9.16. The fraction of sp³-hybridized carbons (Fsp3) is 0.476. The highest BCUT2D eigenvalue weighted by molar-refractivity contribution is 6.01. The van der Waals surface area contributed by atoms with Crippen LogP contribution < -0.4 is 0 Å². The van der Waals surface area contributed by atoms with E-state index in [-0.39, 0.29) is 17.8 Å². The van der Waals surface area contributed by atoms with Crippen LogP contribution in [-0.2, 0) is 15.9 Å². The van der Waals surface area contributed by atoms with Gasteiger partial charge in [0.1, 0.15) is 0 Å². The highest BCUT2D eigenvalue weighted by Crippen LogP contribution is 2.29. The van der Waals surface area contributed by atoms with Crippen molar-refractivity contribution in [3.05, 3.63) is 41.1 Å². The Balaban J connectivity index is 1.89. The molecule has 0 radical (unpaired) electrons. The molecule has 1 aromatic carbocycles. The van der Waals surface area contributed by atoms with Crippen LogP contribution in [0.25, 0.3) is 10.9 Å². The fourth-order valence-electron chi connectivity index (χ4n) is 3.71. The number of esters is 1. The monoisotopic (exact) mass is 355 g/mol. The summed E-state index contributed by atoms with van der Waals surface area (Å²) in [6.07, 6.45) is 4.56. The Hall–Kier alpha value is -2.27. The van der Waals surface area contributed by atoms with Gasteiger partial charge in [0.2, 0.25) is 0 Å². The lowest BCUT2D eigenvalue weighted by Crippen LogP contribution is -2.25. The first-order chi connectivity index (χ1) is 12.6. The van der Waals surface area contributed by atoms with Gasteiger partial charge in [-0.2, -0.15) is 0 Å². The average Bonchev–Trinajstić information content (AvgIpc) is 2.71. The average molecular weight is 355 g/mol. The molecular formula is C21H25NO4. The van der Waals surface area contributed by atoms with E-state index in [1.807, 2.05) is 31.2 Å². The van der Waals surface area contributed by atoms with Gasteiger partial charge in [0, 0.05) is 24.0 Å². The molecule has 1 aliphatic carbocycles. The number of aromatic nitrogens is 1. The van der Waals surface area contributed by atoms with Crippen molar-refractivity contribution in [3.8, 4) is 0 Å². The molecule has 0 saturated heterocycles. The van der Waals surface area contributed by atoms with E-state index in [1.54, 1.807) is 7.11 Å². The van der Waals surface area contributed by atoms with Crippen LogP contribution in [0.15, 0.2) is 24.3 Å². The van der Waals surface area contributed by atoms with E-state index in [1.165, 1.54) is 7.11 Å². The van der Waals surface area contributed by atoms with Gasteiger partial charge < -0.3 is 9.47 Å². The van der Waals surface area contributed by atoms with Crippen molar-refractivity contribution in [2.75, 3.05) is 14.2 Å². The van der Waals surface area contributed by atoms with Crippen LogP contribution in [0.3, 0.4) is 0 Å². The maximum atomic E-state index is 12.9. The number of pyridine rings is 1. The van der Waals surface area contributed by atoms with Gasteiger partial charge in [-0.1, -0.05) is 6.92 Å². The van der Waals surface area contributed by atoms with Gasteiger partial charge in [-0.25, -0.2) is 9.78 Å². The highest BCUT2D eigenvalue weighted by Gasteiger charge is 2.27. The number of hydrogen-bond acceptors (Lipinski definition) is 5. The lowest BCUT2D eigenvalue weighted by Gasteiger charge is -2.26. The second-order valence-corrected chi connectivity index (χ2v) is 6.82. The number of carbonyl (C=O) groups excluding carboxylic acids is 2. The van der Waals surface area contributed by atoms with E-state index in [2.05, 4.69) is 4.98 Å². The summed E-state index contributed by atoms with van der Waals surface area (Å²) in [5.74, 6) is -0.179. The minimum Gasteiger partial charge on any atom is -0.464 e. The number of fused-ring (bicyclic) bond motifs is 1. The van der Waals surface area contributed by atoms with Gasteiger partial charge in [0.25, 0.3) is 0 Å². The topological polar surface area (TPSA) is 65.5 Å². The van der Waals surface area contributed by atoms with Crippen LogP contribution in [-0.4, -0.2) is 37.1 Å². The summed E-state index contributed by atoms with van der Waals surface area (Å²) in [6.45, 7) is 1.97. The number of carbonyl (C=O) groups is 2. The lowest BCUT2D eigenvalue weighted by atomic mass is 9.82. The van der Waals surface area contributed by atoms with Crippen molar-refractivity contribution in [1.29, 1.82) is 0 Å². The number of benzene rings is 1. The van der Waals surface area contributed by atoms with Gasteiger partial charge in [-0.3, -0.25) is 4.79 Å². The predicted octanol–water partition coefficient (Wildman–Crippen LogP) is 3.97. The Morgan fingerprint density at radius 1 is 1.12 bits per heavy atom. The van der Waals surface area contributed by atoms with Crippen LogP contribution in [0.4, 0.5) is 0 Å². The third-order valence-corrected chi connectivity index (χ3v) is 5.32. The van der Waals surface area contributed by atoms with Gasteiger partial charge in [-0.05, 0) is 61.9 Å². The smallest absolute Gasteiger partial charge is 0.356 e. The quantitative estimate of drug-likeness (QED) is 0.600. The second-order valence-electron chi connectivity index (χ2n) is 6.82. The normalized spacial score (nSPS) is 20.1. The number of methoxy groups -OCH3 is 2. The Morgan fingerprint density at radius 3 is 2.46 bits per heavy atom. The van der Waals surface area contributed by atoms with Gasteiger partial charge in [0.05, 0.1) is 18.7 Å². The summed E-state index contributed by atoms with van der Waals surface area (Å²) in [5, 5.41) is 0.880. The number of Topliss-reactive ketones (excluding diaryl/α,β-unsaturated/α-hetero) is 1. The Bertz CT molecular complexity index is 822. The van der Waals surface area contributed by atoms with Crippen LogP contribution in [0.1, 0.15) is 59.0 Å². The fourth-order valence-corrected chi connectivity index (χ4v) is 3.71. The summed E-state index contributed by atoms with van der Waals surface area (Å²) in [6, 6.07) is 7.46. The molecule has 0 aliphatic heterocycles. The molecule has 0 spiro atoms. The molecule has 0 N–H and O–H groups in total. The zero-order chi connectivity index (χ0) is 18.7. The molecule has 5 heteroatoms. The van der Waals surface area contributed by atoms with Gasteiger partial charge >= 0.3 is 5.97 Å². The molecule has 0 atom stereocenters. The van der Waals surface area contributed by atoms with E-state index in [4.69, 9.17) is 9.47 Å². The van der Waals surface area contributed by atoms with E-state index in [0.717, 1.165) is 36.6 Å². The summed E-state index contributed by atoms with van der Waals surface area (Å²) in [7, 11) is 3.09. The molecular weight excluding hydrogens is 330 g/mol. The van der Waals surface area contributed by atoms with Crippen molar-refractivity contribution in [3.63, 3.8) is 0 Å². The number of rotatable bonds is 5. The van der Waals surface area contributed by atoms with Crippen molar-refractivity contribution in [2.45, 2.75) is 45.1 Å². The molecule has 2 aromatic rings. The molecule has 138 valence electrons. The largest absolute Gasteiger partial charge is 0.464 e. The first kappa shape index (κ1) is 18.5. The van der Waals surface area contributed by atoms with Crippen LogP contribution in [0.5, 0.6) is 0 Å². The third-order valence-electron chi connectivity index (χ3n) is 5.32. The predicted molar refractivity (Wildman–Crippen MR) is 99.5 cm³/mol. The maximum absolute atomic E-state index is 12.9. The minimum atomic E-state index is -0.432. The van der Waals surface area contributed by atoms with Crippen molar-refractivity contribution in [1.82, 2.24) is 4.98 Å². The number of aryl methyl sites for hydroxylation is 1. The maximum Gasteiger partial charge on any atom is 0.356 e. The SMILES string of the molecule is CCc1cc2cc(C(=O)C3CCC(OC)CC3)ccc2nc1C(=O)OC. The van der Waals surface area contributed by atoms with Gasteiger partial charge in [-0.15, -0.1) is 0 Å². The highest BCUT2D eigenvalue weighted by atomic mass is 16.5. The molecule has 1 aliphatic rings.